The molecule has 0 aromatic heterocycles. The number of aliphatic carboxylic acids is 1. The Hall–Kier alpha value is -2.77. The van der Waals surface area contributed by atoms with E-state index >= 15 is 0 Å². The smallest absolute Gasteiger partial charge is 0.326 e. The first-order chi connectivity index (χ1) is 16.1. The SMILES string of the molecule is CSCCC(NC(=O)C(N)CC(N)=O)C(=O)NC(CS)C(=O)NC(Cc1ccccc1)C(=O)O. The second kappa shape index (κ2) is 15.2. The maximum absolute atomic E-state index is 12.8. The van der Waals surface area contributed by atoms with E-state index in [-0.39, 0.29) is 25.0 Å². The van der Waals surface area contributed by atoms with Gasteiger partial charge in [-0.1, -0.05) is 30.3 Å². The van der Waals surface area contributed by atoms with E-state index in [1.54, 1.807) is 30.3 Å². The first-order valence-electron chi connectivity index (χ1n) is 10.4. The number of primary amides is 1. The molecule has 4 unspecified atom stereocenters. The minimum Gasteiger partial charge on any atom is -0.480 e. The molecule has 0 bridgehead atoms. The van der Waals surface area contributed by atoms with E-state index in [1.165, 1.54) is 11.8 Å². The lowest BCUT2D eigenvalue weighted by Gasteiger charge is -2.24. The van der Waals surface area contributed by atoms with Crippen LogP contribution in [0.25, 0.3) is 0 Å². The number of carbonyl (C=O) groups is 5. The molecule has 0 aliphatic carbocycles. The van der Waals surface area contributed by atoms with Gasteiger partial charge < -0.3 is 32.5 Å². The van der Waals surface area contributed by atoms with E-state index in [9.17, 15) is 29.1 Å². The van der Waals surface area contributed by atoms with Crippen molar-refractivity contribution in [3.05, 3.63) is 35.9 Å². The lowest BCUT2D eigenvalue weighted by molar-refractivity contribution is -0.142. The van der Waals surface area contributed by atoms with Gasteiger partial charge in [-0.2, -0.15) is 24.4 Å². The Kier molecular flexibility index (Phi) is 13.1. The second-order valence-corrected chi connectivity index (χ2v) is 8.80. The predicted molar refractivity (Wildman–Crippen MR) is 132 cm³/mol. The van der Waals surface area contributed by atoms with Crippen molar-refractivity contribution in [3.63, 3.8) is 0 Å². The Morgan fingerprint density at radius 3 is 2.06 bits per heavy atom. The number of carboxylic acid groups (broad SMARTS) is 1. The molecule has 4 amide bonds. The third-order valence-electron chi connectivity index (χ3n) is 4.71. The molecule has 0 heterocycles. The maximum Gasteiger partial charge on any atom is 0.326 e. The van der Waals surface area contributed by atoms with E-state index in [0.29, 0.717) is 11.3 Å². The molecule has 1 rings (SSSR count). The van der Waals surface area contributed by atoms with Gasteiger partial charge in [0.15, 0.2) is 0 Å². The number of rotatable bonds is 15. The fourth-order valence-corrected chi connectivity index (χ4v) is 3.61. The van der Waals surface area contributed by atoms with Crippen molar-refractivity contribution in [1.29, 1.82) is 0 Å². The van der Waals surface area contributed by atoms with Crippen molar-refractivity contribution in [2.24, 2.45) is 11.5 Å². The van der Waals surface area contributed by atoms with E-state index in [2.05, 4.69) is 28.6 Å². The van der Waals surface area contributed by atoms with Crippen LogP contribution in [-0.2, 0) is 30.4 Å². The summed E-state index contributed by atoms with van der Waals surface area (Å²) in [5.74, 6) is -3.72. The highest BCUT2D eigenvalue weighted by molar-refractivity contribution is 7.98. The number of thiol groups is 1. The van der Waals surface area contributed by atoms with Crippen LogP contribution in [0.5, 0.6) is 0 Å². The molecular formula is C21H31N5O6S2. The zero-order chi connectivity index (χ0) is 25.7. The highest BCUT2D eigenvalue weighted by Crippen LogP contribution is 2.06. The lowest BCUT2D eigenvalue weighted by Crippen LogP contribution is -2.58. The molecule has 34 heavy (non-hydrogen) atoms. The van der Waals surface area contributed by atoms with Gasteiger partial charge in [-0.3, -0.25) is 19.2 Å². The molecule has 4 atom stereocenters. The number of carboxylic acids is 1. The number of thioether (sulfide) groups is 1. The number of amides is 4. The summed E-state index contributed by atoms with van der Waals surface area (Å²) in [7, 11) is 0. The normalized spacial score (nSPS) is 14.2. The first kappa shape index (κ1) is 29.3. The van der Waals surface area contributed by atoms with E-state index in [4.69, 9.17) is 11.5 Å². The number of hydrogen-bond acceptors (Lipinski definition) is 8. The number of hydrogen-bond donors (Lipinski definition) is 7. The van der Waals surface area contributed by atoms with E-state index < -0.39 is 53.8 Å². The van der Waals surface area contributed by atoms with Crippen molar-refractivity contribution in [2.45, 2.75) is 43.4 Å². The van der Waals surface area contributed by atoms with Crippen LogP contribution in [-0.4, -0.2) is 76.6 Å². The molecule has 0 radical (unpaired) electrons. The zero-order valence-corrected chi connectivity index (χ0v) is 20.4. The van der Waals surface area contributed by atoms with Gasteiger partial charge in [0.2, 0.25) is 23.6 Å². The quantitative estimate of drug-likeness (QED) is 0.140. The maximum atomic E-state index is 12.8. The molecule has 0 saturated carbocycles. The second-order valence-electron chi connectivity index (χ2n) is 7.45. The molecule has 13 heteroatoms. The minimum atomic E-state index is -1.23. The van der Waals surface area contributed by atoms with Gasteiger partial charge in [0.05, 0.1) is 12.5 Å². The van der Waals surface area contributed by atoms with E-state index in [0.717, 1.165) is 0 Å². The molecular weight excluding hydrogens is 482 g/mol. The molecule has 11 nitrogen and oxygen atoms in total. The third kappa shape index (κ3) is 10.4. The Balaban J connectivity index is 2.84. The fourth-order valence-electron chi connectivity index (χ4n) is 2.88. The highest BCUT2D eigenvalue weighted by Gasteiger charge is 2.30. The summed E-state index contributed by atoms with van der Waals surface area (Å²) in [6, 6.07) is 4.15. The van der Waals surface area contributed by atoms with Crippen molar-refractivity contribution < 1.29 is 29.1 Å². The van der Waals surface area contributed by atoms with Crippen LogP contribution >= 0.6 is 24.4 Å². The van der Waals surface area contributed by atoms with Gasteiger partial charge in [-0.15, -0.1) is 0 Å². The van der Waals surface area contributed by atoms with Crippen LogP contribution in [0.15, 0.2) is 30.3 Å². The summed E-state index contributed by atoms with van der Waals surface area (Å²) in [6.45, 7) is 0. The molecule has 1 aromatic carbocycles. The summed E-state index contributed by atoms with van der Waals surface area (Å²) >= 11 is 5.54. The van der Waals surface area contributed by atoms with Crippen molar-refractivity contribution >= 4 is 54.0 Å². The molecule has 0 aliphatic rings. The molecule has 0 spiro atoms. The van der Waals surface area contributed by atoms with Crippen LogP contribution < -0.4 is 27.4 Å². The van der Waals surface area contributed by atoms with Crippen LogP contribution in [0.4, 0.5) is 0 Å². The fraction of sp³-hybridized carbons (Fsp3) is 0.476. The summed E-state index contributed by atoms with van der Waals surface area (Å²) in [5, 5.41) is 16.9. The van der Waals surface area contributed by atoms with Crippen molar-refractivity contribution in [2.75, 3.05) is 17.8 Å². The summed E-state index contributed by atoms with van der Waals surface area (Å²) in [6.07, 6.45) is 1.72. The van der Waals surface area contributed by atoms with E-state index in [1.807, 2.05) is 6.26 Å². The molecule has 0 saturated heterocycles. The predicted octanol–water partition coefficient (Wildman–Crippen LogP) is -1.35. The average Bonchev–Trinajstić information content (AvgIpc) is 2.79. The summed E-state index contributed by atoms with van der Waals surface area (Å²) < 4.78 is 0. The van der Waals surface area contributed by atoms with Crippen molar-refractivity contribution in [3.8, 4) is 0 Å². The molecule has 8 N–H and O–H groups in total. The standard InChI is InChI=1S/C21H31N5O6S2/c1-34-8-7-14(24-18(28)13(22)10-17(23)27)19(29)26-16(11-33)20(30)25-15(21(31)32)9-12-5-3-2-4-6-12/h2-6,13-16,33H,7-11,22H2,1H3,(H2,23,27)(H,24,28)(H,25,30)(H,26,29)(H,31,32). The Morgan fingerprint density at radius 1 is 0.971 bits per heavy atom. The first-order valence-corrected chi connectivity index (χ1v) is 12.4. The van der Waals surface area contributed by atoms with Crippen LogP contribution in [0, 0.1) is 0 Å². The van der Waals surface area contributed by atoms with Crippen molar-refractivity contribution in [1.82, 2.24) is 16.0 Å². The van der Waals surface area contributed by atoms with Gasteiger partial charge in [-0.25, -0.2) is 4.79 Å². The zero-order valence-electron chi connectivity index (χ0n) is 18.7. The number of carbonyl (C=O) groups excluding carboxylic acids is 4. The summed E-state index contributed by atoms with van der Waals surface area (Å²) in [4.78, 5) is 60.4. The Labute approximate surface area is 207 Å². The van der Waals surface area contributed by atoms with Crippen LogP contribution in [0.1, 0.15) is 18.4 Å². The Morgan fingerprint density at radius 2 is 1.53 bits per heavy atom. The average molecular weight is 514 g/mol. The molecule has 0 aliphatic heterocycles. The largest absolute Gasteiger partial charge is 0.480 e. The topological polar surface area (TPSA) is 194 Å². The molecule has 1 aromatic rings. The van der Waals surface area contributed by atoms with Gasteiger partial charge in [0, 0.05) is 12.2 Å². The monoisotopic (exact) mass is 513 g/mol. The van der Waals surface area contributed by atoms with Gasteiger partial charge in [0.25, 0.3) is 0 Å². The number of benzene rings is 1. The Bertz CT molecular complexity index is 857. The summed E-state index contributed by atoms with van der Waals surface area (Å²) in [5.41, 5.74) is 11.4. The number of nitrogens with two attached hydrogens (primary N) is 2. The third-order valence-corrected chi connectivity index (χ3v) is 5.72. The molecule has 0 fully saturated rings. The minimum absolute atomic E-state index is 0.0549. The number of nitrogens with one attached hydrogen (secondary N) is 3. The van der Waals surface area contributed by atoms with Crippen LogP contribution in [0.2, 0.25) is 0 Å². The van der Waals surface area contributed by atoms with Crippen LogP contribution in [0.3, 0.4) is 0 Å². The van der Waals surface area contributed by atoms with Gasteiger partial charge in [0.1, 0.15) is 18.1 Å². The lowest BCUT2D eigenvalue weighted by atomic mass is 10.1. The van der Waals surface area contributed by atoms with Gasteiger partial charge in [-0.05, 0) is 24.0 Å². The van der Waals surface area contributed by atoms with Gasteiger partial charge >= 0.3 is 5.97 Å². The molecule has 188 valence electrons. The highest BCUT2D eigenvalue weighted by atomic mass is 32.2.